The molecular weight excluding hydrogens is 489 g/mol. The first-order chi connectivity index (χ1) is 14.1. The third-order valence-electron chi connectivity index (χ3n) is 3.85. The van der Waals surface area contributed by atoms with Gasteiger partial charge < -0.3 is 3.79 Å². The van der Waals surface area contributed by atoms with E-state index in [1.807, 2.05) is 0 Å². The highest BCUT2D eigenvalue weighted by Gasteiger charge is 2.35. The Morgan fingerprint density at radius 3 is 2.32 bits per heavy atom. The van der Waals surface area contributed by atoms with Crippen molar-refractivity contribution in [3.63, 3.8) is 0 Å². The SMILES string of the molecule is Cn1c(C(F)(F)F)cc(=O)n(-c2cc(N(C(=O)C[O][Al])S(C)(=O)=O)c(Cl)cc2F)c1=O. The minimum Gasteiger partial charge on any atom is -0.509 e. The summed E-state index contributed by atoms with van der Waals surface area (Å²) in [4.78, 5) is 36.9. The molecule has 31 heavy (non-hydrogen) atoms. The minimum absolute atomic E-state index is 0.0432. The maximum absolute atomic E-state index is 14.6. The van der Waals surface area contributed by atoms with Gasteiger partial charge >= 0.3 is 28.5 Å². The van der Waals surface area contributed by atoms with Crippen LogP contribution in [0, 0.1) is 5.82 Å². The largest absolute Gasteiger partial charge is 0.509 e. The lowest BCUT2D eigenvalue weighted by atomic mass is 10.2. The van der Waals surface area contributed by atoms with Gasteiger partial charge in [0.05, 0.1) is 29.3 Å². The molecular formula is C15H11AlClF4N3O6S. The fourth-order valence-electron chi connectivity index (χ4n) is 2.60. The van der Waals surface area contributed by atoms with E-state index >= 15 is 0 Å². The van der Waals surface area contributed by atoms with Gasteiger partial charge in [-0.3, -0.25) is 14.2 Å². The van der Waals surface area contributed by atoms with E-state index in [0.29, 0.717) is 25.4 Å². The smallest absolute Gasteiger partial charge is 0.431 e. The Morgan fingerprint density at radius 1 is 1.26 bits per heavy atom. The average molecular weight is 500 g/mol. The molecule has 0 bridgehead atoms. The monoisotopic (exact) mass is 499 g/mol. The number of rotatable bonds is 5. The lowest BCUT2D eigenvalue weighted by Gasteiger charge is -2.23. The summed E-state index contributed by atoms with van der Waals surface area (Å²) in [5.74, 6) is -2.50. The van der Waals surface area contributed by atoms with Crippen molar-refractivity contribution >= 4 is 49.8 Å². The molecule has 0 saturated heterocycles. The van der Waals surface area contributed by atoms with Crippen molar-refractivity contribution in [2.45, 2.75) is 6.18 Å². The number of halogens is 5. The molecule has 0 aliphatic rings. The predicted octanol–water partition coefficient (Wildman–Crippen LogP) is 0.740. The van der Waals surface area contributed by atoms with Gasteiger partial charge in [-0.25, -0.2) is 26.5 Å². The molecule has 1 amide bonds. The number of nitrogens with zero attached hydrogens (tertiary/aromatic N) is 3. The quantitative estimate of drug-likeness (QED) is 0.444. The highest BCUT2D eigenvalue weighted by atomic mass is 35.5. The summed E-state index contributed by atoms with van der Waals surface area (Å²) in [7, 11) is -3.65. The van der Waals surface area contributed by atoms with Crippen LogP contribution in [-0.2, 0) is 31.8 Å². The number of hydrogen-bond acceptors (Lipinski definition) is 6. The van der Waals surface area contributed by atoms with E-state index in [9.17, 15) is 40.4 Å². The number of benzene rings is 1. The zero-order valence-corrected chi connectivity index (χ0v) is 18.3. The first-order valence-corrected chi connectivity index (χ1v) is 10.6. The van der Waals surface area contributed by atoms with Crippen molar-refractivity contribution in [1.29, 1.82) is 0 Å². The molecule has 0 unspecified atom stereocenters. The van der Waals surface area contributed by atoms with Crippen LogP contribution in [0.5, 0.6) is 0 Å². The molecule has 2 rings (SSSR count). The van der Waals surface area contributed by atoms with Crippen LogP contribution in [0.15, 0.2) is 27.8 Å². The van der Waals surface area contributed by atoms with Crippen molar-refractivity contribution in [3.05, 3.63) is 55.6 Å². The van der Waals surface area contributed by atoms with E-state index in [1.165, 1.54) is 0 Å². The number of aromatic nitrogens is 2. The van der Waals surface area contributed by atoms with Crippen molar-refractivity contribution < 1.29 is 34.6 Å². The summed E-state index contributed by atoms with van der Waals surface area (Å²) in [5.41, 5.74) is -6.28. The molecule has 0 aliphatic carbocycles. The molecule has 2 aromatic rings. The Labute approximate surface area is 185 Å². The lowest BCUT2D eigenvalue weighted by Crippen LogP contribution is -2.41. The van der Waals surface area contributed by atoms with E-state index in [2.05, 4.69) is 3.79 Å². The van der Waals surface area contributed by atoms with Crippen LogP contribution in [0.3, 0.4) is 0 Å². The molecule has 1 heterocycles. The van der Waals surface area contributed by atoms with E-state index in [4.69, 9.17) is 11.6 Å². The van der Waals surface area contributed by atoms with Crippen LogP contribution in [-0.4, -0.2) is 52.9 Å². The number of amides is 1. The second kappa shape index (κ2) is 8.75. The van der Waals surface area contributed by atoms with E-state index < -0.39 is 67.9 Å². The topological polar surface area (TPSA) is 108 Å². The molecule has 2 radical (unpaired) electrons. The third-order valence-corrected chi connectivity index (χ3v) is 5.38. The van der Waals surface area contributed by atoms with E-state index in [1.54, 1.807) is 16.6 Å². The normalized spacial score (nSPS) is 12.1. The third kappa shape index (κ3) is 5.01. The zero-order chi connectivity index (χ0) is 23.9. The number of carbonyl (C=O) groups excluding carboxylic acids is 1. The fraction of sp³-hybridized carbons (Fsp3) is 0.267. The molecule has 0 aliphatic heterocycles. The average Bonchev–Trinajstić information content (AvgIpc) is 2.59. The minimum atomic E-state index is -5.05. The van der Waals surface area contributed by atoms with Gasteiger partial charge in [-0.15, -0.1) is 0 Å². The summed E-state index contributed by atoms with van der Waals surface area (Å²) < 4.78 is 82.6. The van der Waals surface area contributed by atoms with Crippen LogP contribution in [0.25, 0.3) is 5.69 Å². The van der Waals surface area contributed by atoms with Gasteiger partial charge in [0.25, 0.3) is 11.5 Å². The standard InChI is InChI=1S/C15H11ClF4N3O6S.Al/c1-21-11(15(18,19)20)5-12(25)22(14(21)27)10-4-9(7(16)3-8(10)17)23(13(26)6-24)30(2,28)29;/h3-5H,6H2,1-2H3;/q-1;+1. The first kappa shape index (κ1) is 25.1. The molecule has 16 heteroatoms. The van der Waals surface area contributed by atoms with Crippen molar-refractivity contribution in [2.24, 2.45) is 7.05 Å². The van der Waals surface area contributed by atoms with E-state index in [-0.39, 0.29) is 19.5 Å². The molecule has 0 spiro atoms. The Kier molecular flexibility index (Phi) is 7.08. The molecule has 0 atom stereocenters. The first-order valence-electron chi connectivity index (χ1n) is 7.85. The van der Waals surface area contributed by atoms with Crippen molar-refractivity contribution in [2.75, 3.05) is 17.2 Å². The van der Waals surface area contributed by atoms with E-state index in [0.717, 1.165) is 0 Å². The van der Waals surface area contributed by atoms with Gasteiger partial charge in [0.2, 0.25) is 10.0 Å². The maximum Gasteiger partial charge on any atom is 0.431 e. The van der Waals surface area contributed by atoms with Gasteiger partial charge in [0.15, 0.2) is 0 Å². The van der Waals surface area contributed by atoms with Gasteiger partial charge in [0, 0.05) is 13.1 Å². The fourth-order valence-corrected chi connectivity index (χ4v) is 3.96. The van der Waals surface area contributed by atoms with Gasteiger partial charge in [-0.1, -0.05) is 11.6 Å². The van der Waals surface area contributed by atoms with Crippen LogP contribution >= 0.6 is 11.6 Å². The van der Waals surface area contributed by atoms with Crippen LogP contribution in [0.1, 0.15) is 5.69 Å². The Balaban J connectivity index is 2.89. The molecule has 9 nitrogen and oxygen atoms in total. The predicted molar refractivity (Wildman–Crippen MR) is 101 cm³/mol. The summed E-state index contributed by atoms with van der Waals surface area (Å²) in [6.07, 6.45) is -4.43. The van der Waals surface area contributed by atoms with Gasteiger partial charge in [-0.05, 0) is 12.1 Å². The molecule has 0 saturated carbocycles. The lowest BCUT2D eigenvalue weighted by molar-refractivity contribution is -0.144. The molecule has 0 fully saturated rings. The van der Waals surface area contributed by atoms with Gasteiger partial charge in [0.1, 0.15) is 11.5 Å². The number of hydrogen-bond donors (Lipinski definition) is 0. The number of alkyl halides is 3. The number of carbonyl (C=O) groups is 1. The highest BCUT2D eigenvalue weighted by Crippen LogP contribution is 2.32. The Bertz CT molecular complexity index is 1280. The second-order valence-electron chi connectivity index (χ2n) is 6.03. The van der Waals surface area contributed by atoms with Crippen LogP contribution in [0.4, 0.5) is 23.2 Å². The summed E-state index contributed by atoms with van der Waals surface area (Å²) in [6, 6.07) is 1.15. The van der Waals surface area contributed by atoms with Crippen molar-refractivity contribution in [1.82, 2.24) is 9.13 Å². The zero-order valence-electron chi connectivity index (χ0n) is 15.6. The summed E-state index contributed by atoms with van der Waals surface area (Å²) in [5, 5.41) is -0.597. The summed E-state index contributed by atoms with van der Waals surface area (Å²) in [6.45, 7) is -0.761. The Hall–Kier alpha value is -2.18. The number of anilines is 1. The number of sulfonamides is 1. The second-order valence-corrected chi connectivity index (χ2v) is 8.60. The van der Waals surface area contributed by atoms with Gasteiger partial charge in [-0.2, -0.15) is 13.2 Å². The molecule has 1 aromatic carbocycles. The Morgan fingerprint density at radius 2 is 1.84 bits per heavy atom. The maximum atomic E-state index is 14.6. The van der Waals surface area contributed by atoms with Crippen LogP contribution < -0.4 is 15.6 Å². The molecule has 166 valence electrons. The summed E-state index contributed by atoms with van der Waals surface area (Å²) >= 11 is 7.58. The highest BCUT2D eigenvalue weighted by molar-refractivity contribution is 7.92. The van der Waals surface area contributed by atoms with Crippen molar-refractivity contribution in [3.8, 4) is 5.69 Å². The van der Waals surface area contributed by atoms with Crippen LogP contribution in [0.2, 0.25) is 5.02 Å². The molecule has 1 aromatic heterocycles. The molecule has 0 N–H and O–H groups in total.